The number of nitro benzene ring substituents is 1. The lowest BCUT2D eigenvalue weighted by Gasteiger charge is -2.26. The number of nitro groups is 1. The van der Waals surface area contributed by atoms with Crippen LogP contribution in [0.4, 0.5) is 11.4 Å². The number of carbonyl (C=O) groups is 1. The van der Waals surface area contributed by atoms with Crippen LogP contribution in [0.3, 0.4) is 0 Å². The molecule has 0 aliphatic carbocycles. The van der Waals surface area contributed by atoms with E-state index in [2.05, 4.69) is 5.32 Å². The lowest BCUT2D eigenvalue weighted by molar-refractivity contribution is -0.384. The lowest BCUT2D eigenvalue weighted by Crippen LogP contribution is -2.33. The Balaban J connectivity index is 2.34. The number of benzene rings is 2. The van der Waals surface area contributed by atoms with E-state index in [1.165, 1.54) is 26.2 Å². The van der Waals surface area contributed by atoms with Gasteiger partial charge in [0, 0.05) is 24.9 Å². The minimum Gasteiger partial charge on any atom is -0.497 e. The number of methoxy groups -OCH3 is 2. The molecule has 0 saturated carbocycles. The lowest BCUT2D eigenvalue weighted by atomic mass is 9.98. The standard InChI is InChI=1S/C18H20N2O5/c1-12(21)18(25-3)17(13-4-8-15(9-5-13)20(22)23)19-14-6-10-16(24-2)11-7-14/h4-11,17-19H,1-3H3/t17-,18+/m0/s1. The fourth-order valence-electron chi connectivity index (χ4n) is 2.54. The predicted molar refractivity (Wildman–Crippen MR) is 93.9 cm³/mol. The van der Waals surface area contributed by atoms with Crippen LogP contribution in [0, 0.1) is 10.1 Å². The van der Waals surface area contributed by atoms with Crippen molar-refractivity contribution < 1.29 is 19.2 Å². The molecule has 2 atom stereocenters. The first-order valence-electron chi connectivity index (χ1n) is 7.64. The number of carbonyl (C=O) groups excluding carboxylic acids is 1. The van der Waals surface area contributed by atoms with E-state index >= 15 is 0 Å². The zero-order valence-electron chi connectivity index (χ0n) is 14.3. The second-order valence-corrected chi connectivity index (χ2v) is 5.47. The van der Waals surface area contributed by atoms with Gasteiger partial charge in [0.05, 0.1) is 18.1 Å². The van der Waals surface area contributed by atoms with Gasteiger partial charge in [0.1, 0.15) is 11.9 Å². The van der Waals surface area contributed by atoms with Crippen molar-refractivity contribution >= 4 is 17.2 Å². The van der Waals surface area contributed by atoms with Gasteiger partial charge in [-0.1, -0.05) is 12.1 Å². The summed E-state index contributed by atoms with van der Waals surface area (Å²) < 4.78 is 10.5. The molecule has 0 aliphatic rings. The first-order valence-corrected chi connectivity index (χ1v) is 7.64. The zero-order valence-corrected chi connectivity index (χ0v) is 14.3. The highest BCUT2D eigenvalue weighted by Crippen LogP contribution is 2.27. The second-order valence-electron chi connectivity index (χ2n) is 5.47. The van der Waals surface area contributed by atoms with Crippen LogP contribution in [0.1, 0.15) is 18.5 Å². The number of ketones is 1. The van der Waals surface area contributed by atoms with Crippen LogP contribution in [-0.4, -0.2) is 31.0 Å². The summed E-state index contributed by atoms with van der Waals surface area (Å²) in [6, 6.07) is 12.8. The SMILES string of the molecule is COc1ccc(N[C@@H](c2ccc([N+](=O)[O-])cc2)[C@H](OC)C(C)=O)cc1. The number of nitrogens with zero attached hydrogens (tertiary/aromatic N) is 1. The molecule has 0 aromatic heterocycles. The fourth-order valence-corrected chi connectivity index (χ4v) is 2.54. The Labute approximate surface area is 145 Å². The third-order valence-electron chi connectivity index (χ3n) is 3.83. The smallest absolute Gasteiger partial charge is 0.269 e. The molecule has 0 heterocycles. The summed E-state index contributed by atoms with van der Waals surface area (Å²) in [5.41, 5.74) is 1.47. The van der Waals surface area contributed by atoms with Crippen LogP contribution in [0.5, 0.6) is 5.75 Å². The Kier molecular flexibility index (Phi) is 6.08. The monoisotopic (exact) mass is 344 g/mol. The molecule has 0 amide bonds. The summed E-state index contributed by atoms with van der Waals surface area (Å²) in [7, 11) is 3.04. The van der Waals surface area contributed by atoms with Crippen molar-refractivity contribution in [2.24, 2.45) is 0 Å². The predicted octanol–water partition coefficient (Wildman–Crippen LogP) is 3.36. The highest BCUT2D eigenvalue weighted by atomic mass is 16.6. The molecular formula is C18H20N2O5. The van der Waals surface area contributed by atoms with Gasteiger partial charge in [0.2, 0.25) is 0 Å². The van der Waals surface area contributed by atoms with E-state index in [-0.39, 0.29) is 11.5 Å². The third kappa shape index (κ3) is 4.54. The summed E-state index contributed by atoms with van der Waals surface area (Å²) in [6.45, 7) is 1.45. The van der Waals surface area contributed by atoms with Crippen LogP contribution >= 0.6 is 0 Å². The van der Waals surface area contributed by atoms with Crippen molar-refractivity contribution in [1.82, 2.24) is 0 Å². The Bertz CT molecular complexity index is 728. The minimum atomic E-state index is -0.733. The number of ether oxygens (including phenoxy) is 2. The van der Waals surface area contributed by atoms with Crippen molar-refractivity contribution in [3.8, 4) is 5.75 Å². The molecule has 25 heavy (non-hydrogen) atoms. The fraction of sp³-hybridized carbons (Fsp3) is 0.278. The number of hydrogen-bond acceptors (Lipinski definition) is 6. The van der Waals surface area contributed by atoms with E-state index in [0.29, 0.717) is 11.3 Å². The summed E-state index contributed by atoms with van der Waals surface area (Å²) in [6.07, 6.45) is -0.733. The molecule has 0 radical (unpaired) electrons. The number of hydrogen-bond donors (Lipinski definition) is 1. The molecule has 1 N–H and O–H groups in total. The van der Waals surface area contributed by atoms with Crippen molar-refractivity contribution in [3.63, 3.8) is 0 Å². The molecule has 2 aromatic rings. The minimum absolute atomic E-state index is 0.0104. The summed E-state index contributed by atoms with van der Waals surface area (Å²) in [4.78, 5) is 22.3. The van der Waals surface area contributed by atoms with E-state index < -0.39 is 17.1 Å². The normalized spacial score (nSPS) is 12.9. The molecule has 0 saturated heterocycles. The van der Waals surface area contributed by atoms with E-state index in [1.54, 1.807) is 31.4 Å². The number of anilines is 1. The molecule has 2 rings (SSSR count). The highest BCUT2D eigenvalue weighted by molar-refractivity contribution is 5.82. The maximum atomic E-state index is 12.0. The molecule has 0 spiro atoms. The maximum Gasteiger partial charge on any atom is 0.269 e. The summed E-state index contributed by atoms with van der Waals surface area (Å²) in [5, 5.41) is 14.1. The summed E-state index contributed by atoms with van der Waals surface area (Å²) in [5.74, 6) is 0.569. The molecule has 0 bridgehead atoms. The van der Waals surface area contributed by atoms with Crippen LogP contribution in [-0.2, 0) is 9.53 Å². The first-order chi connectivity index (χ1) is 12.0. The van der Waals surface area contributed by atoms with E-state index in [1.807, 2.05) is 12.1 Å². The van der Waals surface area contributed by atoms with Gasteiger partial charge in [-0.2, -0.15) is 0 Å². The van der Waals surface area contributed by atoms with Gasteiger partial charge in [0.25, 0.3) is 5.69 Å². The second kappa shape index (κ2) is 8.25. The van der Waals surface area contributed by atoms with Crippen molar-refractivity contribution in [2.45, 2.75) is 19.1 Å². The Morgan fingerprint density at radius 2 is 1.68 bits per heavy atom. The van der Waals surface area contributed by atoms with E-state index in [4.69, 9.17) is 9.47 Å². The molecule has 7 nitrogen and oxygen atoms in total. The molecular weight excluding hydrogens is 324 g/mol. The number of Topliss-reactive ketones (excluding diaryl/α,β-unsaturated/α-hetero) is 1. The molecule has 0 fully saturated rings. The Hall–Kier alpha value is -2.93. The van der Waals surface area contributed by atoms with Gasteiger partial charge in [-0.25, -0.2) is 0 Å². The number of non-ortho nitro benzene ring substituents is 1. The third-order valence-corrected chi connectivity index (χ3v) is 3.83. The Morgan fingerprint density at radius 1 is 1.08 bits per heavy atom. The molecule has 0 unspecified atom stereocenters. The molecule has 132 valence electrons. The Morgan fingerprint density at radius 3 is 2.12 bits per heavy atom. The number of nitrogens with one attached hydrogen (secondary N) is 1. The molecule has 7 heteroatoms. The van der Waals surface area contributed by atoms with Gasteiger partial charge in [-0.3, -0.25) is 14.9 Å². The maximum absolute atomic E-state index is 12.0. The summed E-state index contributed by atoms with van der Waals surface area (Å²) >= 11 is 0. The van der Waals surface area contributed by atoms with Gasteiger partial charge in [-0.15, -0.1) is 0 Å². The van der Waals surface area contributed by atoms with Gasteiger partial charge in [-0.05, 0) is 36.8 Å². The van der Waals surface area contributed by atoms with Crippen LogP contribution in [0.15, 0.2) is 48.5 Å². The van der Waals surface area contributed by atoms with Gasteiger partial charge in [0.15, 0.2) is 5.78 Å². The van der Waals surface area contributed by atoms with Crippen molar-refractivity contribution in [1.29, 1.82) is 0 Å². The molecule has 0 aliphatic heterocycles. The van der Waals surface area contributed by atoms with Crippen LogP contribution in [0.25, 0.3) is 0 Å². The average molecular weight is 344 g/mol. The number of rotatable bonds is 8. The van der Waals surface area contributed by atoms with Gasteiger partial charge >= 0.3 is 0 Å². The topological polar surface area (TPSA) is 90.7 Å². The van der Waals surface area contributed by atoms with E-state index in [0.717, 1.165) is 5.69 Å². The van der Waals surface area contributed by atoms with Gasteiger partial charge < -0.3 is 14.8 Å². The highest BCUT2D eigenvalue weighted by Gasteiger charge is 2.27. The van der Waals surface area contributed by atoms with Crippen LogP contribution in [0.2, 0.25) is 0 Å². The van der Waals surface area contributed by atoms with Crippen molar-refractivity contribution in [3.05, 3.63) is 64.2 Å². The van der Waals surface area contributed by atoms with E-state index in [9.17, 15) is 14.9 Å². The average Bonchev–Trinajstić information content (AvgIpc) is 2.62. The first kappa shape index (κ1) is 18.4. The van der Waals surface area contributed by atoms with Crippen LogP contribution < -0.4 is 10.1 Å². The zero-order chi connectivity index (χ0) is 18.4. The quantitative estimate of drug-likeness (QED) is 0.583. The largest absolute Gasteiger partial charge is 0.497 e. The molecule has 2 aromatic carbocycles. The van der Waals surface area contributed by atoms with Crippen molar-refractivity contribution in [2.75, 3.05) is 19.5 Å².